The normalized spacial score (nSPS) is 9.10. The first kappa shape index (κ1) is 65.3. The van der Waals surface area contributed by atoms with Crippen LogP contribution >= 0.6 is 15.6 Å². The third-order valence-electron chi connectivity index (χ3n) is 0.265. The van der Waals surface area contributed by atoms with Crippen molar-refractivity contribution in [2.75, 3.05) is 0 Å². The fraction of sp³-hybridized carbons (Fsp3) is 0. The maximum absolute atomic E-state index is 9.74. The topological polar surface area (TPSA) is 349 Å². The second-order valence-electron chi connectivity index (χ2n) is 2.46. The van der Waals surface area contributed by atoms with E-state index in [1.165, 1.54) is 5.48 Å². The van der Waals surface area contributed by atoms with Gasteiger partial charge in [0.05, 0.1) is 0 Å². The third kappa shape index (κ3) is 253. The largest absolute Gasteiger partial charge is 2.00 e. The van der Waals surface area contributed by atoms with Crippen LogP contribution in [0, 0.1) is 0 Å². The number of carbonyl (C=O) groups excluding carboxylic acids is 1. The summed E-state index contributed by atoms with van der Waals surface area (Å²) in [5, 5.41) is 0. The molecule has 0 aliphatic heterocycles. The van der Waals surface area contributed by atoms with Gasteiger partial charge in [0.2, 0.25) is 0 Å². The summed E-state index contributed by atoms with van der Waals surface area (Å²) in [6, 6.07) is -1.17. The van der Waals surface area contributed by atoms with E-state index in [2.05, 4.69) is 10.4 Å². The zero-order valence-corrected chi connectivity index (χ0v) is 32.6. The molecule has 19 nitrogen and oxygen atoms in total. The number of primary amides is 1. The Balaban J connectivity index is -0.00000000976. The van der Waals surface area contributed by atoms with Crippen LogP contribution in [0.1, 0.15) is 8.56 Å². The van der Waals surface area contributed by atoms with Crippen LogP contribution in [-0.2, 0) is 34.6 Å². The molecule has 0 spiro atoms. The molecule has 0 saturated heterocycles. The van der Waals surface area contributed by atoms with Crippen molar-refractivity contribution in [1.82, 2.24) is 5.48 Å². The van der Waals surface area contributed by atoms with Crippen molar-refractivity contribution in [2.45, 2.75) is 0 Å². The van der Waals surface area contributed by atoms with Gasteiger partial charge >= 0.3 is 251 Å². The number of urea groups is 1. The number of halogens is 1. The van der Waals surface area contributed by atoms with Crippen molar-refractivity contribution in [3.05, 3.63) is 0 Å². The van der Waals surface area contributed by atoms with E-state index in [4.69, 9.17) is 64.1 Å². The van der Waals surface area contributed by atoms with Gasteiger partial charge in [-0.3, -0.25) is 18.2 Å². The Labute approximate surface area is 351 Å². The summed E-state index contributed by atoms with van der Waals surface area (Å²) >= 11 is 0. The molecule has 0 aromatic carbocycles. The summed E-state index contributed by atoms with van der Waals surface area (Å²) in [4.78, 5) is 47.0. The van der Waals surface area contributed by atoms with E-state index < -0.39 is 42.5 Å². The van der Waals surface area contributed by atoms with Crippen LogP contribution in [0.25, 0.3) is 0 Å². The van der Waals surface area contributed by atoms with Crippen LogP contribution in [0.4, 0.5) is 4.79 Å². The first-order valence-corrected chi connectivity index (χ1v) is 9.78. The van der Waals surface area contributed by atoms with E-state index >= 15 is 0 Å². The van der Waals surface area contributed by atoms with Crippen LogP contribution in [0.2, 0.25) is 0 Å². The van der Waals surface area contributed by atoms with Crippen molar-refractivity contribution in [2.24, 2.45) is 5.73 Å². The number of rotatable bonds is 2. The second kappa shape index (κ2) is 33.2. The Morgan fingerprint density at radius 3 is 1.03 bits per heavy atom. The molecule has 0 aromatic rings. The minimum absolute atomic E-state index is 0. The number of carbonyl (C=O) groups is 1. The average molecular weight is 656 g/mol. The molecule has 30 heavy (non-hydrogen) atoms. The average Bonchev–Trinajstić information content (AvgIpc) is 2.04. The van der Waals surface area contributed by atoms with Crippen molar-refractivity contribution < 1.29 is 283 Å². The minimum atomic E-state index is -4.67. The number of amides is 2. The molecule has 168 valence electrons. The van der Waals surface area contributed by atoms with Crippen LogP contribution < -0.4 is 207 Å². The molecule has 0 bridgehead atoms. The summed E-state index contributed by atoms with van der Waals surface area (Å²) in [5.74, 6) is 0. The fourth-order valence-corrected chi connectivity index (χ4v) is 0.313. The summed E-state index contributed by atoms with van der Waals surface area (Å²) in [7, 11) is -18.6. The summed E-state index contributed by atoms with van der Waals surface area (Å²) in [6.45, 7) is 0. The van der Waals surface area contributed by atoms with E-state index in [1.54, 1.807) is 0 Å². The van der Waals surface area contributed by atoms with Crippen LogP contribution in [0.5, 0.6) is 0 Å². The summed E-state index contributed by atoms with van der Waals surface area (Å²) in [5.41, 5.74) is 5.64. The molecule has 12 N–H and O–H groups in total. The van der Waals surface area contributed by atoms with Crippen LogP contribution in [0.3, 0.4) is 0 Å². The Kier molecular flexibility index (Phi) is 72.4. The minimum Gasteiger partial charge on any atom is -1.00 e. The predicted molar refractivity (Wildman–Crippen MR) is 80.9 cm³/mol. The van der Waals surface area contributed by atoms with E-state index in [9.17, 15) is 9.36 Å². The Morgan fingerprint density at radius 2 is 1.00 bits per heavy atom. The molecule has 0 atom stereocenters. The third-order valence-corrected chi connectivity index (χ3v) is 0.594. The molecule has 0 rings (SSSR count). The van der Waals surface area contributed by atoms with Crippen molar-refractivity contribution in [3.8, 4) is 0 Å². The van der Waals surface area contributed by atoms with Gasteiger partial charge in [0.25, 0.3) is 0 Å². The number of hydroxylamine groups is 1. The first-order valence-electron chi connectivity index (χ1n) is 3.89. The second-order valence-corrected chi connectivity index (χ2v) is 6.44. The van der Waals surface area contributed by atoms with Gasteiger partial charge < -0.3 is 49.7 Å². The Bertz CT molecular complexity index is 636. The van der Waals surface area contributed by atoms with Gasteiger partial charge in [0, 0.05) is 0 Å². The van der Waals surface area contributed by atoms with Crippen LogP contribution in [-0.4, -0.2) is 88.6 Å². The molecule has 0 aliphatic rings. The molecule has 0 fully saturated rings. The number of nitrogens with two attached hydrogens (primary N) is 1. The molecule has 0 unspecified atom stereocenters. The standard InChI is InChI=1S/CH5N2O5P.ClH.3K.Mg.Na.H3O4P.2H2O4S.5H/c2-1(4)3-8-9(5,6)7;;;;;;;3*1-5(2,3)4;;;;;/h(H3,2,3,4)(H2,5,6,7);1H;;;;;;(H3,1,2,3,4);2*(H2,1,2,3,4);;;;;/q;;3*+1;+2;+1;;;;5*-1. The van der Waals surface area contributed by atoms with Crippen molar-refractivity contribution >= 4 is 65.5 Å². The number of hydrogen-bond donors (Lipinski definition) is 11. The van der Waals surface area contributed by atoms with Gasteiger partial charge in [-0.15, -0.1) is 0 Å². The molecule has 29 heteroatoms. The number of hydrogen-bond acceptors (Lipinski definition) is 8. The molecule has 0 aromatic heterocycles. The molecule has 0 heterocycles. The smallest absolute Gasteiger partial charge is 1.00 e. The van der Waals surface area contributed by atoms with E-state index in [0.717, 1.165) is 0 Å². The van der Waals surface area contributed by atoms with Gasteiger partial charge in [0.15, 0.2) is 0 Å². The molecule has 0 saturated carbocycles. The zero-order chi connectivity index (χ0) is 21.0. The fourth-order valence-electron chi connectivity index (χ4n) is 0.104. The van der Waals surface area contributed by atoms with Gasteiger partial charge in [-0.2, -0.15) is 21.5 Å². The zero-order valence-electron chi connectivity index (χ0n) is 21.7. The quantitative estimate of drug-likeness (QED) is 0.0569. The number of nitrogens with one attached hydrogen (secondary N) is 1. The first-order chi connectivity index (χ1) is 9.92. The van der Waals surface area contributed by atoms with E-state index in [0.29, 0.717) is 0 Å². The summed E-state index contributed by atoms with van der Waals surface area (Å²) < 4.78 is 85.2. The SMILES string of the molecule is NC(=O)NOP(=O)(O)O.O=P(O)(O)O.O=S(=O)(O)O.O=S(=O)(O)O.[Cl-].[H+].[H-].[H-].[H-].[H-].[H-].[K+].[K+].[K+].[Mg+2].[Na+]. The van der Waals surface area contributed by atoms with Gasteiger partial charge in [-0.1, -0.05) is 0 Å². The molecule has 0 radical (unpaired) electrons. The molecule has 2 amide bonds. The van der Waals surface area contributed by atoms with Crippen molar-refractivity contribution in [3.63, 3.8) is 0 Å². The predicted octanol–water partition coefficient (Wildman–Crippen LogP) is -18.2. The van der Waals surface area contributed by atoms with E-state index in [-0.39, 0.29) is 228 Å². The van der Waals surface area contributed by atoms with Gasteiger partial charge in [-0.05, 0) is 0 Å². The molecular weight excluding hydrogens is 638 g/mol. The molecular formula is CH18ClK3MgN2NaO17P2S2+. The maximum Gasteiger partial charge on any atom is 2.00 e. The van der Waals surface area contributed by atoms with E-state index in [1.807, 2.05) is 0 Å². The molecule has 0 aliphatic carbocycles. The Hall–Kier alpha value is 6.20. The van der Waals surface area contributed by atoms with Gasteiger partial charge in [0.1, 0.15) is 0 Å². The Morgan fingerprint density at radius 1 is 0.867 bits per heavy atom. The van der Waals surface area contributed by atoms with Crippen LogP contribution in [0.15, 0.2) is 0 Å². The number of phosphoric acid groups is 2. The maximum atomic E-state index is 9.74. The van der Waals surface area contributed by atoms with Crippen molar-refractivity contribution in [1.29, 1.82) is 0 Å². The monoisotopic (exact) mass is 655 g/mol. The summed E-state index contributed by atoms with van der Waals surface area (Å²) in [6.07, 6.45) is 0. The van der Waals surface area contributed by atoms with Gasteiger partial charge in [-0.25, -0.2) is 19.4 Å².